The number of rotatable bonds is 10. The molecule has 218 valence electrons. The van der Waals surface area contributed by atoms with Crippen molar-refractivity contribution in [3.63, 3.8) is 0 Å². The van der Waals surface area contributed by atoms with Crippen LogP contribution in [0.25, 0.3) is 10.9 Å². The third kappa shape index (κ3) is 6.76. The van der Waals surface area contributed by atoms with E-state index in [0.717, 1.165) is 5.56 Å². The number of amides is 3. The summed E-state index contributed by atoms with van der Waals surface area (Å²) in [6.45, 7) is 4.96. The molecule has 2 heterocycles. The van der Waals surface area contributed by atoms with Gasteiger partial charge in [0.25, 0.3) is 5.91 Å². The van der Waals surface area contributed by atoms with Crippen molar-refractivity contribution in [3.8, 4) is 6.07 Å². The molecule has 0 saturated carbocycles. The van der Waals surface area contributed by atoms with E-state index in [0.29, 0.717) is 5.56 Å². The summed E-state index contributed by atoms with van der Waals surface area (Å²) in [5, 5.41) is 37.6. The molecule has 2 aromatic heterocycles. The molecule has 0 bridgehead atoms. The summed E-state index contributed by atoms with van der Waals surface area (Å²) in [7, 11) is 0. The van der Waals surface area contributed by atoms with Gasteiger partial charge in [-0.15, -0.1) is 10.2 Å². The van der Waals surface area contributed by atoms with Crippen LogP contribution in [0.3, 0.4) is 0 Å². The van der Waals surface area contributed by atoms with Gasteiger partial charge < -0.3 is 25.5 Å². The Labute approximate surface area is 239 Å². The summed E-state index contributed by atoms with van der Waals surface area (Å²) >= 11 is 0. The normalized spacial score (nSPS) is 12.0. The van der Waals surface area contributed by atoms with E-state index in [-0.39, 0.29) is 54.6 Å². The number of hydrogen-bond donors (Lipinski definition) is 4. The van der Waals surface area contributed by atoms with E-state index < -0.39 is 35.0 Å². The lowest BCUT2D eigenvalue weighted by Crippen LogP contribution is -2.53. The van der Waals surface area contributed by atoms with E-state index in [2.05, 4.69) is 31.2 Å². The Morgan fingerprint density at radius 3 is 2.50 bits per heavy atom. The van der Waals surface area contributed by atoms with Gasteiger partial charge in [-0.05, 0) is 29.2 Å². The number of fused-ring (bicyclic) bond motifs is 1. The second-order valence-electron chi connectivity index (χ2n) is 10.4. The Balaban J connectivity index is 1.52. The topological polar surface area (TPSA) is 188 Å². The van der Waals surface area contributed by atoms with Gasteiger partial charge in [-0.2, -0.15) is 10.4 Å². The molecule has 0 aliphatic rings. The third-order valence-corrected chi connectivity index (χ3v) is 6.23. The standard InChI is InChI=1S/C28H29FN8O5/c1-28(2,3)23(25(40)32-14-20-34-35-27(42-20)26(41)31-11-12-38)33-24(39)21-18-5-4-6-19(29)22(18)37(36-21)15-17-9-7-16(13-30)8-10-17/h4-10,23,38H,11-12,14-15H2,1-3H3,(H,31,41)(H,32,40)(H,33,39)/t23-/m1/s1. The molecule has 0 aliphatic carbocycles. The molecule has 1 atom stereocenters. The molecule has 0 radical (unpaired) electrons. The maximum atomic E-state index is 14.9. The lowest BCUT2D eigenvalue weighted by molar-refractivity contribution is -0.125. The van der Waals surface area contributed by atoms with E-state index in [9.17, 15) is 18.8 Å². The maximum Gasteiger partial charge on any atom is 0.308 e. The Morgan fingerprint density at radius 1 is 1.10 bits per heavy atom. The quantitative estimate of drug-likeness (QED) is 0.218. The van der Waals surface area contributed by atoms with Crippen LogP contribution in [0.2, 0.25) is 0 Å². The van der Waals surface area contributed by atoms with E-state index in [1.807, 2.05) is 6.07 Å². The zero-order chi connectivity index (χ0) is 30.4. The van der Waals surface area contributed by atoms with E-state index in [1.165, 1.54) is 16.8 Å². The number of aromatic nitrogens is 4. The van der Waals surface area contributed by atoms with Crippen LogP contribution in [0, 0.1) is 22.6 Å². The largest absolute Gasteiger partial charge is 0.415 e. The van der Waals surface area contributed by atoms with Gasteiger partial charge in [0.1, 0.15) is 17.4 Å². The number of nitriles is 1. The number of para-hydroxylation sites is 1. The monoisotopic (exact) mass is 576 g/mol. The molecule has 4 aromatic rings. The smallest absolute Gasteiger partial charge is 0.308 e. The number of aliphatic hydroxyl groups is 1. The Hall–Kier alpha value is -5.16. The minimum absolute atomic E-state index is 0.00977. The van der Waals surface area contributed by atoms with Crippen molar-refractivity contribution in [1.29, 1.82) is 5.26 Å². The Morgan fingerprint density at radius 2 is 1.83 bits per heavy atom. The van der Waals surface area contributed by atoms with E-state index in [1.54, 1.807) is 51.1 Å². The number of hydrogen-bond acceptors (Lipinski definition) is 9. The number of aliphatic hydroxyl groups excluding tert-OH is 1. The zero-order valence-corrected chi connectivity index (χ0v) is 23.1. The molecule has 42 heavy (non-hydrogen) atoms. The van der Waals surface area contributed by atoms with Gasteiger partial charge in [0, 0.05) is 11.9 Å². The fourth-order valence-corrected chi connectivity index (χ4v) is 4.13. The van der Waals surface area contributed by atoms with Crippen molar-refractivity contribution in [2.75, 3.05) is 13.2 Å². The summed E-state index contributed by atoms with van der Waals surface area (Å²) in [4.78, 5) is 38.6. The minimum atomic E-state index is -1.05. The second kappa shape index (κ2) is 12.6. The molecule has 0 unspecified atom stereocenters. The summed E-state index contributed by atoms with van der Waals surface area (Å²) in [5.74, 6) is -2.85. The second-order valence-corrected chi connectivity index (χ2v) is 10.4. The van der Waals surface area contributed by atoms with Crippen LogP contribution in [0.1, 0.15) is 59.0 Å². The number of benzene rings is 2. The number of carbonyl (C=O) groups excluding carboxylic acids is 3. The number of halogens is 1. The molecule has 4 N–H and O–H groups in total. The predicted octanol–water partition coefficient (Wildman–Crippen LogP) is 1.66. The molecule has 13 nitrogen and oxygen atoms in total. The van der Waals surface area contributed by atoms with Gasteiger partial charge in [-0.1, -0.05) is 45.0 Å². The molecule has 0 spiro atoms. The van der Waals surface area contributed by atoms with Gasteiger partial charge in [0.15, 0.2) is 5.69 Å². The minimum Gasteiger partial charge on any atom is -0.415 e. The highest BCUT2D eigenvalue weighted by atomic mass is 19.1. The van der Waals surface area contributed by atoms with Crippen LogP contribution in [0.5, 0.6) is 0 Å². The third-order valence-electron chi connectivity index (χ3n) is 6.23. The van der Waals surface area contributed by atoms with Crippen molar-refractivity contribution in [3.05, 3.63) is 76.9 Å². The zero-order valence-electron chi connectivity index (χ0n) is 23.1. The van der Waals surface area contributed by atoms with Crippen molar-refractivity contribution in [1.82, 2.24) is 35.9 Å². The molecule has 0 fully saturated rings. The molecular weight excluding hydrogens is 547 g/mol. The number of nitrogens with one attached hydrogen (secondary N) is 3. The van der Waals surface area contributed by atoms with Gasteiger partial charge >= 0.3 is 11.8 Å². The molecule has 14 heteroatoms. The summed E-state index contributed by atoms with van der Waals surface area (Å²) < 4.78 is 21.6. The number of carbonyl (C=O) groups is 3. The first kappa shape index (κ1) is 29.8. The Kier molecular flexibility index (Phi) is 8.92. The van der Waals surface area contributed by atoms with Crippen LogP contribution in [-0.2, 0) is 17.9 Å². The highest BCUT2D eigenvalue weighted by Gasteiger charge is 2.34. The van der Waals surface area contributed by atoms with Crippen LogP contribution in [-0.4, -0.2) is 62.0 Å². The van der Waals surface area contributed by atoms with Crippen LogP contribution in [0.15, 0.2) is 46.9 Å². The fraction of sp³-hybridized carbons (Fsp3) is 0.321. The van der Waals surface area contributed by atoms with E-state index in [4.69, 9.17) is 14.8 Å². The summed E-state index contributed by atoms with van der Waals surface area (Å²) in [6, 6.07) is 12.0. The first-order valence-corrected chi connectivity index (χ1v) is 13.0. The average Bonchev–Trinajstić information content (AvgIpc) is 3.59. The van der Waals surface area contributed by atoms with Crippen molar-refractivity contribution in [2.45, 2.75) is 39.9 Å². The van der Waals surface area contributed by atoms with Gasteiger partial charge in [-0.3, -0.25) is 19.1 Å². The lowest BCUT2D eigenvalue weighted by atomic mass is 9.86. The van der Waals surface area contributed by atoms with Gasteiger partial charge in [0.2, 0.25) is 11.8 Å². The highest BCUT2D eigenvalue weighted by Crippen LogP contribution is 2.25. The predicted molar refractivity (Wildman–Crippen MR) is 146 cm³/mol. The van der Waals surface area contributed by atoms with Crippen LogP contribution in [0.4, 0.5) is 4.39 Å². The molecule has 4 rings (SSSR count). The summed E-state index contributed by atoms with van der Waals surface area (Å²) in [6.07, 6.45) is 0. The first-order valence-electron chi connectivity index (χ1n) is 13.0. The molecule has 2 aromatic carbocycles. The Bertz CT molecular complexity index is 1650. The lowest BCUT2D eigenvalue weighted by Gasteiger charge is -2.30. The molecular formula is C28H29FN8O5. The fourth-order valence-electron chi connectivity index (χ4n) is 4.13. The highest BCUT2D eigenvalue weighted by molar-refractivity contribution is 6.06. The van der Waals surface area contributed by atoms with Crippen molar-refractivity contribution in [2.24, 2.45) is 5.41 Å². The molecule has 3 amide bonds. The first-order chi connectivity index (χ1) is 20.0. The van der Waals surface area contributed by atoms with Crippen molar-refractivity contribution < 1.29 is 28.3 Å². The molecule has 0 saturated heterocycles. The van der Waals surface area contributed by atoms with Crippen LogP contribution < -0.4 is 16.0 Å². The van der Waals surface area contributed by atoms with Gasteiger partial charge in [-0.25, -0.2) is 4.39 Å². The maximum absolute atomic E-state index is 14.9. The van der Waals surface area contributed by atoms with E-state index >= 15 is 0 Å². The van der Waals surface area contributed by atoms with Crippen molar-refractivity contribution >= 4 is 28.6 Å². The number of nitrogens with zero attached hydrogens (tertiary/aromatic N) is 5. The SMILES string of the molecule is CC(C)(C)[C@H](NC(=O)c1nn(Cc2ccc(C#N)cc2)c2c(F)cccc12)C(=O)NCc1nnc(C(=O)NCCO)o1. The average molecular weight is 577 g/mol. The summed E-state index contributed by atoms with van der Waals surface area (Å²) in [5.41, 5.74) is 0.533. The van der Waals surface area contributed by atoms with Gasteiger partial charge in [0.05, 0.1) is 31.3 Å². The van der Waals surface area contributed by atoms with Crippen LogP contribution >= 0.6 is 0 Å². The molecule has 0 aliphatic heterocycles.